The molecule has 0 saturated carbocycles. The molecule has 1 N–H and O–H groups in total. The van der Waals surface area contributed by atoms with Crippen molar-refractivity contribution in [2.24, 2.45) is 0 Å². The van der Waals surface area contributed by atoms with Crippen LogP contribution in [0.25, 0.3) is 0 Å². The minimum atomic E-state index is -0.817. The van der Waals surface area contributed by atoms with Gasteiger partial charge in [0.2, 0.25) is 0 Å². The average Bonchev–Trinajstić information content (AvgIpc) is 2.53. The van der Waals surface area contributed by atoms with E-state index < -0.39 is 30.2 Å². The topological polar surface area (TPSA) is 85.3 Å². The second kappa shape index (κ2) is 7.09. The fourth-order valence-corrected chi connectivity index (χ4v) is 2.42. The summed E-state index contributed by atoms with van der Waals surface area (Å²) in [5, 5.41) is 9.48. The lowest BCUT2D eigenvalue weighted by atomic mass is 9.98. The molecule has 1 aromatic rings. The summed E-state index contributed by atoms with van der Waals surface area (Å²) in [5.74, 6) is -0.835. The zero-order valence-corrected chi connectivity index (χ0v) is 14.4. The molecule has 1 unspecified atom stereocenters. The van der Waals surface area contributed by atoms with Crippen LogP contribution in [-0.2, 0) is 14.3 Å². The molecule has 0 radical (unpaired) electrons. The van der Waals surface area contributed by atoms with E-state index >= 15 is 0 Å². The number of aliphatic hydroxyl groups excluding tert-OH is 1. The third-order valence-corrected chi connectivity index (χ3v) is 3.53. The summed E-state index contributed by atoms with van der Waals surface area (Å²) >= 11 is 0. The molecule has 0 aliphatic carbocycles. The molecule has 0 saturated heterocycles. The van der Waals surface area contributed by atoms with Gasteiger partial charge in [-0.25, -0.2) is 4.79 Å². The number of esters is 1. The van der Waals surface area contributed by atoms with Gasteiger partial charge in [-0.15, -0.1) is 0 Å². The first-order valence-electron chi connectivity index (χ1n) is 7.72. The average molecular weight is 337 g/mol. The lowest BCUT2D eigenvalue weighted by Gasteiger charge is -2.32. The molecule has 1 atom stereocenters. The van der Waals surface area contributed by atoms with Crippen molar-refractivity contribution in [3.05, 3.63) is 23.8 Å². The lowest BCUT2D eigenvalue weighted by Crippen LogP contribution is -2.41. The van der Waals surface area contributed by atoms with Crippen LogP contribution in [0, 0.1) is 0 Å². The van der Waals surface area contributed by atoms with Crippen LogP contribution in [-0.4, -0.2) is 49.6 Å². The van der Waals surface area contributed by atoms with Crippen molar-refractivity contribution in [3.8, 4) is 5.75 Å². The number of hydrogen-bond acceptors (Lipinski definition) is 6. The quantitative estimate of drug-likeness (QED) is 0.850. The number of nitrogens with zero attached hydrogens (tertiary/aromatic N) is 1. The Balaban J connectivity index is 2.35. The van der Waals surface area contributed by atoms with Gasteiger partial charge in [0.25, 0.3) is 0 Å². The number of anilines is 1. The summed E-state index contributed by atoms with van der Waals surface area (Å²) in [7, 11) is 1.26. The molecular formula is C17H23NO6. The number of methoxy groups -OCH3 is 1. The van der Waals surface area contributed by atoms with Crippen molar-refractivity contribution < 1.29 is 28.9 Å². The summed E-state index contributed by atoms with van der Waals surface area (Å²) in [6.07, 6.45) is -0.484. The van der Waals surface area contributed by atoms with Gasteiger partial charge in [0.1, 0.15) is 23.9 Å². The van der Waals surface area contributed by atoms with Crippen LogP contribution in [0.2, 0.25) is 0 Å². The molecule has 0 aromatic heterocycles. The Morgan fingerprint density at radius 2 is 2.08 bits per heavy atom. The first-order valence-corrected chi connectivity index (χ1v) is 7.72. The molecular weight excluding hydrogens is 314 g/mol. The van der Waals surface area contributed by atoms with E-state index in [2.05, 4.69) is 0 Å². The van der Waals surface area contributed by atoms with Gasteiger partial charge in [-0.3, -0.25) is 9.69 Å². The van der Waals surface area contributed by atoms with Gasteiger partial charge in [0.15, 0.2) is 0 Å². The van der Waals surface area contributed by atoms with E-state index in [0.29, 0.717) is 30.2 Å². The van der Waals surface area contributed by atoms with E-state index in [1.807, 2.05) is 0 Å². The predicted molar refractivity (Wildman–Crippen MR) is 87.4 cm³/mol. The van der Waals surface area contributed by atoms with Crippen LogP contribution in [0.3, 0.4) is 0 Å². The Kier molecular flexibility index (Phi) is 5.33. The van der Waals surface area contributed by atoms with Crippen LogP contribution in [0.15, 0.2) is 18.2 Å². The molecule has 0 fully saturated rings. The first-order chi connectivity index (χ1) is 11.3. The lowest BCUT2D eigenvalue weighted by molar-refractivity contribution is -0.143. The summed E-state index contributed by atoms with van der Waals surface area (Å²) < 4.78 is 15.7. The van der Waals surface area contributed by atoms with Crippen molar-refractivity contribution in [2.75, 3.05) is 31.8 Å². The highest BCUT2D eigenvalue weighted by atomic mass is 16.6. The Hall–Kier alpha value is -2.28. The number of hydrogen-bond donors (Lipinski definition) is 1. The highest BCUT2D eigenvalue weighted by Gasteiger charge is 2.30. The van der Waals surface area contributed by atoms with Crippen molar-refractivity contribution in [3.63, 3.8) is 0 Å². The van der Waals surface area contributed by atoms with Gasteiger partial charge in [-0.1, -0.05) is 6.07 Å². The third kappa shape index (κ3) is 3.97. The van der Waals surface area contributed by atoms with Crippen LogP contribution < -0.4 is 9.64 Å². The zero-order chi connectivity index (χ0) is 17.9. The number of amides is 1. The Morgan fingerprint density at radius 3 is 2.67 bits per heavy atom. The van der Waals surface area contributed by atoms with E-state index in [1.54, 1.807) is 39.0 Å². The normalized spacial score (nSPS) is 15.1. The monoisotopic (exact) mass is 337 g/mol. The SMILES string of the molecule is COC(=O)C(CO)c1ccc2c(c1)N(C(=O)OC(C)(C)C)CCO2. The van der Waals surface area contributed by atoms with E-state index in [0.717, 1.165) is 0 Å². The molecule has 0 bridgehead atoms. The van der Waals surface area contributed by atoms with Crippen LogP contribution in [0.5, 0.6) is 5.75 Å². The smallest absolute Gasteiger partial charge is 0.415 e. The van der Waals surface area contributed by atoms with Gasteiger partial charge in [0.05, 0.1) is 25.9 Å². The van der Waals surface area contributed by atoms with E-state index in [1.165, 1.54) is 12.0 Å². The number of benzene rings is 1. The van der Waals surface area contributed by atoms with Gasteiger partial charge in [0, 0.05) is 0 Å². The second-order valence-corrected chi connectivity index (χ2v) is 6.47. The van der Waals surface area contributed by atoms with Crippen molar-refractivity contribution in [1.82, 2.24) is 0 Å². The summed E-state index contributed by atoms with van der Waals surface area (Å²) in [6.45, 7) is 5.68. The minimum Gasteiger partial charge on any atom is -0.490 e. The molecule has 24 heavy (non-hydrogen) atoms. The predicted octanol–water partition coefficient (Wildman–Crippen LogP) is 2.07. The van der Waals surface area contributed by atoms with E-state index in [-0.39, 0.29) is 0 Å². The van der Waals surface area contributed by atoms with E-state index in [9.17, 15) is 14.7 Å². The number of rotatable bonds is 3. The minimum absolute atomic E-state index is 0.341. The van der Waals surface area contributed by atoms with Gasteiger partial charge in [-0.05, 0) is 38.5 Å². The van der Waals surface area contributed by atoms with Crippen LogP contribution >= 0.6 is 0 Å². The van der Waals surface area contributed by atoms with Crippen molar-refractivity contribution in [1.29, 1.82) is 0 Å². The number of aliphatic hydroxyl groups is 1. The highest BCUT2D eigenvalue weighted by molar-refractivity contribution is 5.91. The summed E-state index contributed by atoms with van der Waals surface area (Å²) in [6, 6.07) is 5.00. The van der Waals surface area contributed by atoms with Gasteiger partial charge in [-0.2, -0.15) is 0 Å². The van der Waals surface area contributed by atoms with Crippen LogP contribution in [0.4, 0.5) is 10.5 Å². The summed E-state index contributed by atoms with van der Waals surface area (Å²) in [5.41, 5.74) is 0.435. The number of carbonyl (C=O) groups is 2. The largest absolute Gasteiger partial charge is 0.490 e. The molecule has 0 spiro atoms. The van der Waals surface area contributed by atoms with Gasteiger partial charge < -0.3 is 19.3 Å². The molecule has 132 valence electrons. The first kappa shape index (κ1) is 18.1. The Labute approximate surface area is 141 Å². The van der Waals surface area contributed by atoms with Crippen molar-refractivity contribution >= 4 is 17.7 Å². The van der Waals surface area contributed by atoms with Crippen molar-refractivity contribution in [2.45, 2.75) is 32.3 Å². The maximum atomic E-state index is 12.4. The molecule has 7 nitrogen and oxygen atoms in total. The maximum absolute atomic E-state index is 12.4. The van der Waals surface area contributed by atoms with Gasteiger partial charge >= 0.3 is 12.1 Å². The van der Waals surface area contributed by atoms with E-state index in [4.69, 9.17) is 14.2 Å². The molecule has 1 aromatic carbocycles. The second-order valence-electron chi connectivity index (χ2n) is 6.47. The molecule has 1 aliphatic rings. The summed E-state index contributed by atoms with van der Waals surface area (Å²) in [4.78, 5) is 25.7. The standard InChI is InChI=1S/C17H23NO6/c1-17(2,3)24-16(21)18-7-8-23-14-6-5-11(9-13(14)18)12(10-19)15(20)22-4/h5-6,9,12,19H,7-8,10H2,1-4H3. The Bertz CT molecular complexity index is 622. The zero-order valence-electron chi connectivity index (χ0n) is 14.4. The molecule has 1 heterocycles. The molecule has 1 aliphatic heterocycles. The molecule has 1 amide bonds. The Morgan fingerprint density at radius 1 is 1.38 bits per heavy atom. The fraction of sp³-hybridized carbons (Fsp3) is 0.529. The maximum Gasteiger partial charge on any atom is 0.415 e. The molecule has 2 rings (SSSR count). The number of fused-ring (bicyclic) bond motifs is 1. The number of carbonyl (C=O) groups excluding carboxylic acids is 2. The molecule has 7 heteroatoms. The fourth-order valence-electron chi connectivity index (χ4n) is 2.42. The van der Waals surface area contributed by atoms with Crippen LogP contribution in [0.1, 0.15) is 32.3 Å². The highest BCUT2D eigenvalue weighted by Crippen LogP contribution is 2.35. The number of ether oxygens (including phenoxy) is 3. The third-order valence-electron chi connectivity index (χ3n) is 3.53.